The van der Waals surface area contributed by atoms with Gasteiger partial charge in [-0.05, 0) is 39.7 Å². The van der Waals surface area contributed by atoms with Crippen LogP contribution in [0.25, 0.3) is 0 Å². The lowest BCUT2D eigenvalue weighted by Crippen LogP contribution is -2.15. The van der Waals surface area contributed by atoms with Crippen LogP contribution in [0.1, 0.15) is 11.5 Å². The summed E-state index contributed by atoms with van der Waals surface area (Å²) in [5.74, 6) is 0.609. The third-order valence-corrected chi connectivity index (χ3v) is 2.92. The van der Waals surface area contributed by atoms with Crippen LogP contribution in [0, 0.1) is 5.82 Å². The maximum Gasteiger partial charge on any atom is 0.137 e. The second kappa shape index (κ2) is 3.61. The average Bonchev–Trinajstić information content (AvgIpc) is 2.57. The maximum atomic E-state index is 13.2. The van der Waals surface area contributed by atoms with Crippen LogP contribution in [-0.4, -0.2) is 6.54 Å². The van der Waals surface area contributed by atoms with E-state index in [-0.39, 0.29) is 11.7 Å². The fourth-order valence-electron chi connectivity index (χ4n) is 1.52. The van der Waals surface area contributed by atoms with Gasteiger partial charge in [0.15, 0.2) is 0 Å². The van der Waals surface area contributed by atoms with E-state index in [1.165, 1.54) is 6.07 Å². The molecule has 0 amide bonds. The summed E-state index contributed by atoms with van der Waals surface area (Å²) in [5.41, 5.74) is 6.52. The van der Waals surface area contributed by atoms with Gasteiger partial charge >= 0.3 is 0 Å². The van der Waals surface area contributed by atoms with Gasteiger partial charge in [0.05, 0.1) is 10.3 Å². The Hall–Kier alpha value is -1.03. The van der Waals surface area contributed by atoms with Gasteiger partial charge in [0.25, 0.3) is 0 Å². The van der Waals surface area contributed by atoms with E-state index in [4.69, 9.17) is 5.73 Å². The maximum absolute atomic E-state index is 13.2. The molecule has 0 saturated heterocycles. The quantitative estimate of drug-likeness (QED) is 0.808. The monoisotopic (exact) mass is 256 g/mol. The van der Waals surface area contributed by atoms with Crippen molar-refractivity contribution < 1.29 is 4.39 Å². The predicted octanol–water partition coefficient (Wildman–Crippen LogP) is 2.08. The van der Waals surface area contributed by atoms with Crippen LogP contribution in [0.15, 0.2) is 34.6 Å². The van der Waals surface area contributed by atoms with E-state index < -0.39 is 0 Å². The molecule has 4 heteroatoms. The molecule has 1 heterocycles. The molecule has 0 bridgehead atoms. The van der Waals surface area contributed by atoms with Crippen molar-refractivity contribution in [1.82, 2.24) is 5.32 Å². The molecule has 1 aromatic rings. The molecule has 1 aromatic carbocycles. The molecule has 0 aromatic heterocycles. The Kier molecular flexibility index (Phi) is 2.46. The Bertz CT molecular complexity index is 390. The van der Waals surface area contributed by atoms with Gasteiger partial charge in [0.2, 0.25) is 0 Å². The minimum absolute atomic E-state index is 0.178. The summed E-state index contributed by atoms with van der Waals surface area (Å²) in [6.45, 7) is 0.743. The zero-order valence-electron chi connectivity index (χ0n) is 7.43. The number of benzene rings is 1. The number of rotatable bonds is 1. The minimum Gasteiger partial charge on any atom is -0.386 e. The Morgan fingerprint density at radius 1 is 1.50 bits per heavy atom. The fourth-order valence-corrected chi connectivity index (χ4v) is 1.77. The van der Waals surface area contributed by atoms with Gasteiger partial charge in [-0.15, -0.1) is 0 Å². The third kappa shape index (κ3) is 1.75. The molecule has 0 spiro atoms. The first kappa shape index (κ1) is 9.52. The molecule has 3 N–H and O–H groups in total. The number of hydrogen-bond acceptors (Lipinski definition) is 2. The molecule has 2 rings (SSSR count). The molecule has 1 aliphatic rings. The summed E-state index contributed by atoms with van der Waals surface area (Å²) in [6, 6.07) is 5.15. The van der Waals surface area contributed by atoms with Gasteiger partial charge in [-0.3, -0.25) is 0 Å². The van der Waals surface area contributed by atoms with Crippen LogP contribution in [0.5, 0.6) is 0 Å². The van der Waals surface area contributed by atoms with Crippen molar-refractivity contribution in [3.8, 4) is 0 Å². The summed E-state index contributed by atoms with van der Waals surface area (Å²) in [4.78, 5) is 0. The van der Waals surface area contributed by atoms with Crippen LogP contribution in [0.2, 0.25) is 0 Å². The molecule has 2 nitrogen and oxygen atoms in total. The molecular formula is C10H10BrFN2. The van der Waals surface area contributed by atoms with Gasteiger partial charge in [-0.2, -0.15) is 0 Å². The molecule has 1 aliphatic heterocycles. The first-order valence-electron chi connectivity index (χ1n) is 4.33. The van der Waals surface area contributed by atoms with E-state index >= 15 is 0 Å². The summed E-state index contributed by atoms with van der Waals surface area (Å²) >= 11 is 3.12. The van der Waals surface area contributed by atoms with Gasteiger partial charge < -0.3 is 11.1 Å². The number of nitrogens with two attached hydrogens (primary N) is 1. The summed E-state index contributed by atoms with van der Waals surface area (Å²) in [5, 5.41) is 3.01. The molecule has 74 valence electrons. The number of nitrogens with one attached hydrogen (secondary N) is 1. The number of hydrogen-bond donors (Lipinski definition) is 2. The van der Waals surface area contributed by atoms with Gasteiger partial charge in [0, 0.05) is 12.5 Å². The molecule has 1 atom stereocenters. The zero-order chi connectivity index (χ0) is 10.1. The predicted molar refractivity (Wildman–Crippen MR) is 57.1 cm³/mol. The smallest absolute Gasteiger partial charge is 0.137 e. The van der Waals surface area contributed by atoms with Crippen LogP contribution in [0.4, 0.5) is 4.39 Å². The molecule has 0 aliphatic carbocycles. The highest BCUT2D eigenvalue weighted by Gasteiger charge is 2.16. The highest BCUT2D eigenvalue weighted by Crippen LogP contribution is 2.24. The van der Waals surface area contributed by atoms with Crippen LogP contribution in [-0.2, 0) is 0 Å². The van der Waals surface area contributed by atoms with Gasteiger partial charge in [-0.25, -0.2) is 4.39 Å². The Labute approximate surface area is 90.1 Å². The molecule has 14 heavy (non-hydrogen) atoms. The largest absolute Gasteiger partial charge is 0.386 e. The molecule has 0 radical (unpaired) electrons. The Balaban J connectivity index is 2.29. The van der Waals surface area contributed by atoms with Crippen molar-refractivity contribution >= 4 is 15.9 Å². The standard InChI is InChI=1S/C10H10BrFN2/c11-8-2-1-6(3-9(8)12)7-4-10(13)14-5-7/h1-4,7,14H,5,13H2. The Morgan fingerprint density at radius 3 is 2.86 bits per heavy atom. The Morgan fingerprint density at radius 2 is 2.29 bits per heavy atom. The van der Waals surface area contributed by atoms with Crippen molar-refractivity contribution in [2.45, 2.75) is 5.92 Å². The lowest BCUT2D eigenvalue weighted by molar-refractivity contribution is 0.617. The van der Waals surface area contributed by atoms with Crippen molar-refractivity contribution in [3.63, 3.8) is 0 Å². The zero-order valence-corrected chi connectivity index (χ0v) is 9.01. The van der Waals surface area contributed by atoms with E-state index in [1.54, 1.807) is 6.07 Å². The molecule has 1 unspecified atom stereocenters. The highest BCUT2D eigenvalue weighted by molar-refractivity contribution is 9.10. The number of halogens is 2. The molecular weight excluding hydrogens is 247 g/mol. The third-order valence-electron chi connectivity index (χ3n) is 2.28. The summed E-state index contributed by atoms with van der Waals surface area (Å²) in [7, 11) is 0. The highest BCUT2D eigenvalue weighted by atomic mass is 79.9. The van der Waals surface area contributed by atoms with E-state index in [1.807, 2.05) is 12.1 Å². The first-order chi connectivity index (χ1) is 6.66. The normalized spacial score (nSPS) is 20.4. The lowest BCUT2D eigenvalue weighted by atomic mass is 10.0. The van der Waals surface area contributed by atoms with Crippen molar-refractivity contribution in [1.29, 1.82) is 0 Å². The lowest BCUT2D eigenvalue weighted by Gasteiger charge is -2.07. The van der Waals surface area contributed by atoms with Gasteiger partial charge in [-0.1, -0.05) is 6.07 Å². The van der Waals surface area contributed by atoms with Crippen LogP contribution >= 0.6 is 15.9 Å². The van der Waals surface area contributed by atoms with Crippen molar-refractivity contribution in [3.05, 3.63) is 45.9 Å². The van der Waals surface area contributed by atoms with Crippen molar-refractivity contribution in [2.24, 2.45) is 5.73 Å². The van der Waals surface area contributed by atoms with E-state index in [0.29, 0.717) is 10.3 Å². The van der Waals surface area contributed by atoms with E-state index in [0.717, 1.165) is 12.1 Å². The summed E-state index contributed by atoms with van der Waals surface area (Å²) < 4.78 is 13.7. The fraction of sp³-hybridized carbons (Fsp3) is 0.200. The topological polar surface area (TPSA) is 38.0 Å². The van der Waals surface area contributed by atoms with E-state index in [9.17, 15) is 4.39 Å². The van der Waals surface area contributed by atoms with Crippen LogP contribution < -0.4 is 11.1 Å². The second-order valence-corrected chi connectivity index (χ2v) is 4.14. The van der Waals surface area contributed by atoms with Gasteiger partial charge in [0.1, 0.15) is 5.82 Å². The SMILES string of the molecule is NC1=CC(c2ccc(Br)c(F)c2)CN1. The van der Waals surface area contributed by atoms with Crippen LogP contribution in [0.3, 0.4) is 0 Å². The van der Waals surface area contributed by atoms with E-state index in [2.05, 4.69) is 21.2 Å². The molecule has 0 saturated carbocycles. The van der Waals surface area contributed by atoms with Crippen molar-refractivity contribution in [2.75, 3.05) is 6.54 Å². The average molecular weight is 257 g/mol. The minimum atomic E-state index is -0.235. The first-order valence-corrected chi connectivity index (χ1v) is 5.12. The summed E-state index contributed by atoms with van der Waals surface area (Å²) in [6.07, 6.45) is 1.91. The molecule has 0 fully saturated rings. The second-order valence-electron chi connectivity index (χ2n) is 3.28.